The first-order chi connectivity index (χ1) is 16.3. The lowest BCUT2D eigenvalue weighted by Crippen LogP contribution is -2.28. The van der Waals surface area contributed by atoms with Gasteiger partial charge in [0.1, 0.15) is 5.82 Å². The lowest BCUT2D eigenvalue weighted by atomic mass is 10.1. The zero-order valence-corrected chi connectivity index (χ0v) is 19.1. The number of carbonyl (C=O) groups is 2. The van der Waals surface area contributed by atoms with Crippen molar-refractivity contribution in [3.05, 3.63) is 90.2 Å². The summed E-state index contributed by atoms with van der Waals surface area (Å²) in [6, 6.07) is 21.0. The second-order valence-corrected chi connectivity index (χ2v) is 9.80. The number of hydrogen-bond acceptors (Lipinski definition) is 4. The molecule has 0 radical (unpaired) electrons. The second-order valence-electron chi connectivity index (χ2n) is 8.03. The van der Waals surface area contributed by atoms with E-state index in [2.05, 4.69) is 10.0 Å². The minimum absolute atomic E-state index is 0.0427. The summed E-state index contributed by atoms with van der Waals surface area (Å²) >= 11 is 0. The summed E-state index contributed by atoms with van der Waals surface area (Å²) < 4.78 is 40.8. The van der Waals surface area contributed by atoms with Gasteiger partial charge >= 0.3 is 0 Å². The van der Waals surface area contributed by atoms with Crippen LogP contribution in [0.25, 0.3) is 0 Å². The lowest BCUT2D eigenvalue weighted by molar-refractivity contribution is -0.122. The van der Waals surface area contributed by atoms with Crippen LogP contribution in [0.3, 0.4) is 0 Å². The minimum Gasteiger partial charge on any atom is -0.326 e. The zero-order valence-electron chi connectivity index (χ0n) is 18.3. The third-order valence-electron chi connectivity index (χ3n) is 5.61. The maximum atomic E-state index is 13.1. The molecule has 1 heterocycles. The Morgan fingerprint density at radius 3 is 2.32 bits per heavy atom. The molecule has 0 spiro atoms. The van der Waals surface area contributed by atoms with Crippen molar-refractivity contribution in [2.75, 3.05) is 23.3 Å². The summed E-state index contributed by atoms with van der Waals surface area (Å²) in [7, 11) is -3.68. The van der Waals surface area contributed by atoms with Crippen LogP contribution in [0.2, 0.25) is 0 Å². The van der Waals surface area contributed by atoms with Crippen LogP contribution in [0.1, 0.15) is 12.0 Å². The highest BCUT2D eigenvalue weighted by atomic mass is 32.2. The molecule has 0 aromatic heterocycles. The molecule has 3 aromatic rings. The van der Waals surface area contributed by atoms with Gasteiger partial charge in [0.25, 0.3) is 0 Å². The van der Waals surface area contributed by atoms with Crippen molar-refractivity contribution in [2.45, 2.75) is 17.7 Å². The van der Waals surface area contributed by atoms with Gasteiger partial charge in [-0.25, -0.2) is 17.5 Å². The number of anilines is 2. The summed E-state index contributed by atoms with van der Waals surface area (Å²) in [5, 5.41) is 2.74. The van der Waals surface area contributed by atoms with Crippen LogP contribution >= 0.6 is 0 Å². The summed E-state index contributed by atoms with van der Waals surface area (Å²) in [6.45, 7) is 0.458. The molecular formula is C25H24FN3O4S. The Balaban J connectivity index is 1.32. The summed E-state index contributed by atoms with van der Waals surface area (Å²) in [6.07, 6.45) is 0.615. The van der Waals surface area contributed by atoms with E-state index in [1.807, 2.05) is 30.3 Å². The van der Waals surface area contributed by atoms with Crippen molar-refractivity contribution in [1.29, 1.82) is 0 Å². The largest absolute Gasteiger partial charge is 0.326 e. The molecule has 0 unspecified atom stereocenters. The predicted octanol–water partition coefficient (Wildman–Crippen LogP) is 3.34. The molecule has 0 bridgehead atoms. The quantitative estimate of drug-likeness (QED) is 0.516. The fraction of sp³-hybridized carbons (Fsp3) is 0.200. The molecule has 3 aromatic carbocycles. The third-order valence-corrected chi connectivity index (χ3v) is 7.09. The fourth-order valence-corrected chi connectivity index (χ4v) is 4.81. The summed E-state index contributed by atoms with van der Waals surface area (Å²) in [5.74, 6) is -1.52. The highest BCUT2D eigenvalue weighted by molar-refractivity contribution is 7.89. The molecule has 34 heavy (non-hydrogen) atoms. The molecule has 1 atom stereocenters. The first kappa shape index (κ1) is 23.6. The van der Waals surface area contributed by atoms with Gasteiger partial charge in [-0.3, -0.25) is 9.59 Å². The Labute approximate surface area is 197 Å². The van der Waals surface area contributed by atoms with Crippen molar-refractivity contribution in [3.63, 3.8) is 0 Å². The van der Waals surface area contributed by atoms with Crippen LogP contribution in [-0.4, -0.2) is 33.3 Å². The number of nitrogens with one attached hydrogen (secondary N) is 2. The summed E-state index contributed by atoms with van der Waals surface area (Å²) in [4.78, 5) is 26.6. The van der Waals surface area contributed by atoms with Crippen molar-refractivity contribution >= 4 is 33.2 Å². The van der Waals surface area contributed by atoms with E-state index in [1.165, 1.54) is 53.4 Å². The number of amides is 2. The van der Waals surface area contributed by atoms with Gasteiger partial charge in [0.2, 0.25) is 21.8 Å². The van der Waals surface area contributed by atoms with Crippen molar-refractivity contribution in [2.24, 2.45) is 5.92 Å². The zero-order chi connectivity index (χ0) is 24.1. The number of nitrogens with zero attached hydrogens (tertiary/aromatic N) is 1. The van der Waals surface area contributed by atoms with E-state index in [9.17, 15) is 22.4 Å². The highest BCUT2D eigenvalue weighted by Crippen LogP contribution is 2.26. The van der Waals surface area contributed by atoms with Gasteiger partial charge in [-0.15, -0.1) is 0 Å². The second kappa shape index (κ2) is 10.1. The molecule has 1 aliphatic heterocycles. The van der Waals surface area contributed by atoms with E-state index in [4.69, 9.17) is 0 Å². The number of rotatable bonds is 8. The van der Waals surface area contributed by atoms with E-state index in [0.717, 1.165) is 5.56 Å². The SMILES string of the molecule is O=C(Nc1ccc(S(=O)(=O)NCCc2ccccc2)cc1)[C@H]1CC(=O)N(c2ccc(F)cc2)C1. The minimum atomic E-state index is -3.68. The molecule has 1 aliphatic rings. The molecule has 1 saturated heterocycles. The van der Waals surface area contributed by atoms with Crippen molar-refractivity contribution < 1.29 is 22.4 Å². The highest BCUT2D eigenvalue weighted by Gasteiger charge is 2.35. The Morgan fingerprint density at radius 2 is 1.65 bits per heavy atom. The van der Waals surface area contributed by atoms with E-state index < -0.39 is 21.8 Å². The first-order valence-corrected chi connectivity index (χ1v) is 12.3. The van der Waals surface area contributed by atoms with E-state index in [1.54, 1.807) is 0 Å². The van der Waals surface area contributed by atoms with Gasteiger partial charge in [-0.1, -0.05) is 30.3 Å². The predicted molar refractivity (Wildman–Crippen MR) is 127 cm³/mol. The van der Waals surface area contributed by atoms with Crippen LogP contribution in [0.5, 0.6) is 0 Å². The standard InChI is InChI=1S/C25H24FN3O4S/c26-20-6-10-22(11-7-20)29-17-19(16-24(29)30)25(31)28-21-8-12-23(13-9-21)34(32,33)27-15-14-18-4-2-1-3-5-18/h1-13,19,27H,14-17H2,(H,28,31)/t19-/m0/s1. The van der Waals surface area contributed by atoms with Gasteiger partial charge in [0, 0.05) is 30.9 Å². The van der Waals surface area contributed by atoms with Gasteiger partial charge in [-0.2, -0.15) is 0 Å². The molecule has 4 rings (SSSR count). The molecule has 0 saturated carbocycles. The average molecular weight is 482 g/mol. The molecule has 176 valence electrons. The molecule has 2 amide bonds. The Kier molecular flexibility index (Phi) is 7.04. The first-order valence-electron chi connectivity index (χ1n) is 10.8. The maximum Gasteiger partial charge on any atom is 0.240 e. The molecule has 9 heteroatoms. The number of halogens is 1. The average Bonchev–Trinajstić information content (AvgIpc) is 3.22. The summed E-state index contributed by atoms with van der Waals surface area (Å²) in [5.41, 5.74) is 2.00. The van der Waals surface area contributed by atoms with E-state index in [-0.39, 0.29) is 36.2 Å². The number of benzene rings is 3. The van der Waals surface area contributed by atoms with Crippen LogP contribution in [0, 0.1) is 11.7 Å². The number of sulfonamides is 1. The van der Waals surface area contributed by atoms with Gasteiger partial charge in [-0.05, 0) is 60.5 Å². The maximum absolute atomic E-state index is 13.1. The fourth-order valence-electron chi connectivity index (χ4n) is 3.77. The van der Waals surface area contributed by atoms with Crippen LogP contribution in [0.15, 0.2) is 83.8 Å². The smallest absolute Gasteiger partial charge is 0.240 e. The van der Waals surface area contributed by atoms with Crippen LogP contribution in [-0.2, 0) is 26.0 Å². The molecular weight excluding hydrogens is 457 g/mol. The molecule has 7 nitrogen and oxygen atoms in total. The number of carbonyl (C=O) groups excluding carboxylic acids is 2. The van der Waals surface area contributed by atoms with Crippen molar-refractivity contribution in [3.8, 4) is 0 Å². The van der Waals surface area contributed by atoms with E-state index >= 15 is 0 Å². The van der Waals surface area contributed by atoms with Crippen molar-refractivity contribution in [1.82, 2.24) is 4.72 Å². The Hall–Kier alpha value is -3.56. The molecule has 2 N–H and O–H groups in total. The third kappa shape index (κ3) is 5.67. The van der Waals surface area contributed by atoms with E-state index in [0.29, 0.717) is 17.8 Å². The van der Waals surface area contributed by atoms with Gasteiger partial charge in [0.15, 0.2) is 0 Å². The Morgan fingerprint density at radius 1 is 0.971 bits per heavy atom. The monoisotopic (exact) mass is 481 g/mol. The topological polar surface area (TPSA) is 95.6 Å². The number of hydrogen-bond donors (Lipinski definition) is 2. The molecule has 1 fully saturated rings. The Bertz CT molecular complexity index is 1260. The van der Waals surface area contributed by atoms with Gasteiger partial charge < -0.3 is 10.2 Å². The van der Waals surface area contributed by atoms with Gasteiger partial charge in [0.05, 0.1) is 10.8 Å². The normalized spacial score (nSPS) is 16.0. The molecule has 0 aliphatic carbocycles. The van der Waals surface area contributed by atoms with Crippen LogP contribution < -0.4 is 14.9 Å². The van der Waals surface area contributed by atoms with Crippen LogP contribution in [0.4, 0.5) is 15.8 Å². The lowest BCUT2D eigenvalue weighted by Gasteiger charge is -2.16.